The molecule has 2 aromatic rings. The van der Waals surface area contributed by atoms with Gasteiger partial charge in [-0.3, -0.25) is 0 Å². The predicted octanol–water partition coefficient (Wildman–Crippen LogP) is 5.06. The van der Waals surface area contributed by atoms with Crippen LogP contribution in [0.1, 0.15) is 13.3 Å². The number of nitrogen functional groups attached to an aromatic ring is 1. The van der Waals surface area contributed by atoms with Crippen LogP contribution in [0.15, 0.2) is 36.4 Å². The SMILES string of the molecule is CCCOc1cccc(Nc2ccc(I)cc2Cl)c1N. The molecule has 0 bridgehead atoms. The number of ether oxygens (including phenoxy) is 1. The Morgan fingerprint density at radius 3 is 2.75 bits per heavy atom. The van der Waals surface area contributed by atoms with Crippen molar-refractivity contribution in [3.8, 4) is 5.75 Å². The van der Waals surface area contributed by atoms with Crippen molar-refractivity contribution in [2.24, 2.45) is 0 Å². The highest BCUT2D eigenvalue weighted by Crippen LogP contribution is 2.34. The number of hydrogen-bond donors (Lipinski definition) is 2. The zero-order valence-corrected chi connectivity index (χ0v) is 14.0. The summed E-state index contributed by atoms with van der Waals surface area (Å²) in [6.07, 6.45) is 0.944. The Hall–Kier alpha value is -1.14. The van der Waals surface area contributed by atoms with E-state index in [1.165, 1.54) is 0 Å². The second kappa shape index (κ2) is 7.04. The van der Waals surface area contributed by atoms with Gasteiger partial charge in [-0.2, -0.15) is 0 Å². The highest BCUT2D eigenvalue weighted by molar-refractivity contribution is 14.1. The number of rotatable bonds is 5. The van der Waals surface area contributed by atoms with Crippen LogP contribution in [-0.4, -0.2) is 6.61 Å². The van der Waals surface area contributed by atoms with Crippen LogP contribution in [0, 0.1) is 3.57 Å². The minimum Gasteiger partial charge on any atom is -0.491 e. The van der Waals surface area contributed by atoms with Crippen molar-refractivity contribution in [3.63, 3.8) is 0 Å². The summed E-state index contributed by atoms with van der Waals surface area (Å²) in [6, 6.07) is 11.5. The first-order valence-electron chi connectivity index (χ1n) is 6.35. The Morgan fingerprint density at radius 1 is 1.25 bits per heavy atom. The minimum absolute atomic E-state index is 0.593. The molecule has 0 aromatic heterocycles. The van der Waals surface area contributed by atoms with Crippen LogP contribution >= 0.6 is 34.2 Å². The average molecular weight is 403 g/mol. The molecule has 0 heterocycles. The summed E-state index contributed by atoms with van der Waals surface area (Å²) in [5.41, 5.74) is 8.33. The van der Waals surface area contributed by atoms with E-state index in [0.29, 0.717) is 23.1 Å². The molecule has 0 fully saturated rings. The van der Waals surface area contributed by atoms with E-state index in [1.807, 2.05) is 36.4 Å². The smallest absolute Gasteiger partial charge is 0.144 e. The summed E-state index contributed by atoms with van der Waals surface area (Å²) < 4.78 is 6.70. The first-order valence-corrected chi connectivity index (χ1v) is 7.81. The molecule has 20 heavy (non-hydrogen) atoms. The van der Waals surface area contributed by atoms with E-state index in [0.717, 1.165) is 21.4 Å². The summed E-state index contributed by atoms with van der Waals surface area (Å²) in [4.78, 5) is 0. The van der Waals surface area contributed by atoms with Gasteiger partial charge in [0, 0.05) is 3.57 Å². The van der Waals surface area contributed by atoms with Crippen molar-refractivity contribution in [3.05, 3.63) is 45.0 Å². The molecule has 2 aromatic carbocycles. The van der Waals surface area contributed by atoms with E-state index in [9.17, 15) is 0 Å². The van der Waals surface area contributed by atoms with Crippen LogP contribution in [0.2, 0.25) is 5.02 Å². The van der Waals surface area contributed by atoms with Gasteiger partial charge >= 0.3 is 0 Å². The zero-order valence-electron chi connectivity index (χ0n) is 11.1. The molecule has 2 rings (SSSR count). The Bertz CT molecular complexity index is 604. The maximum absolute atomic E-state index is 6.22. The molecule has 0 aliphatic rings. The summed E-state index contributed by atoms with van der Waals surface area (Å²) in [5, 5.41) is 3.91. The largest absolute Gasteiger partial charge is 0.491 e. The lowest BCUT2D eigenvalue weighted by Gasteiger charge is -2.14. The Labute approximate surface area is 137 Å². The quantitative estimate of drug-likeness (QED) is 0.543. The normalized spacial score (nSPS) is 10.3. The maximum atomic E-state index is 6.22. The Morgan fingerprint density at radius 2 is 2.05 bits per heavy atom. The molecule has 0 aliphatic carbocycles. The van der Waals surface area contributed by atoms with Crippen LogP contribution < -0.4 is 15.8 Å². The average Bonchev–Trinajstić information content (AvgIpc) is 2.42. The van der Waals surface area contributed by atoms with E-state index in [2.05, 4.69) is 34.8 Å². The van der Waals surface area contributed by atoms with E-state index in [-0.39, 0.29) is 0 Å². The van der Waals surface area contributed by atoms with Crippen molar-refractivity contribution >= 4 is 51.3 Å². The molecule has 0 aliphatic heterocycles. The van der Waals surface area contributed by atoms with Gasteiger partial charge in [0.1, 0.15) is 5.75 Å². The number of nitrogens with one attached hydrogen (secondary N) is 1. The van der Waals surface area contributed by atoms with Crippen molar-refractivity contribution in [1.82, 2.24) is 0 Å². The van der Waals surface area contributed by atoms with Crippen molar-refractivity contribution < 1.29 is 4.74 Å². The van der Waals surface area contributed by atoms with E-state index < -0.39 is 0 Å². The standard InChI is InChI=1S/C15H16ClIN2O/c1-2-8-20-14-5-3-4-13(15(14)18)19-12-7-6-10(17)9-11(12)16/h3-7,9,19H,2,8,18H2,1H3. The van der Waals surface area contributed by atoms with Gasteiger partial charge in [-0.1, -0.05) is 24.6 Å². The van der Waals surface area contributed by atoms with E-state index >= 15 is 0 Å². The van der Waals surface area contributed by atoms with Crippen LogP contribution in [0.5, 0.6) is 5.75 Å². The van der Waals surface area contributed by atoms with Crippen LogP contribution in [-0.2, 0) is 0 Å². The van der Waals surface area contributed by atoms with Crippen molar-refractivity contribution in [1.29, 1.82) is 0 Å². The number of halogens is 2. The number of para-hydroxylation sites is 1. The lowest BCUT2D eigenvalue weighted by molar-refractivity contribution is 0.319. The molecule has 0 unspecified atom stereocenters. The Kier molecular flexibility index (Phi) is 5.37. The van der Waals surface area contributed by atoms with E-state index in [4.69, 9.17) is 22.1 Å². The highest BCUT2D eigenvalue weighted by atomic mass is 127. The molecular formula is C15H16ClIN2O. The molecule has 3 N–H and O–H groups in total. The van der Waals surface area contributed by atoms with Crippen molar-refractivity contribution in [2.45, 2.75) is 13.3 Å². The third-order valence-electron chi connectivity index (χ3n) is 2.73. The third-order valence-corrected chi connectivity index (χ3v) is 3.71. The van der Waals surface area contributed by atoms with Gasteiger partial charge in [0.2, 0.25) is 0 Å². The first kappa shape index (κ1) is 15.3. The fraction of sp³-hybridized carbons (Fsp3) is 0.200. The van der Waals surface area contributed by atoms with Gasteiger partial charge in [-0.15, -0.1) is 0 Å². The molecule has 0 saturated carbocycles. The van der Waals surface area contributed by atoms with Gasteiger partial charge in [-0.05, 0) is 59.3 Å². The predicted molar refractivity (Wildman–Crippen MR) is 94.1 cm³/mol. The van der Waals surface area contributed by atoms with Gasteiger partial charge in [0.05, 0.1) is 28.7 Å². The zero-order chi connectivity index (χ0) is 14.5. The lowest BCUT2D eigenvalue weighted by Crippen LogP contribution is -2.02. The molecule has 5 heteroatoms. The molecule has 0 atom stereocenters. The molecular weight excluding hydrogens is 387 g/mol. The molecule has 0 saturated heterocycles. The van der Waals surface area contributed by atoms with Crippen molar-refractivity contribution in [2.75, 3.05) is 17.7 Å². The second-order valence-corrected chi connectivity index (χ2v) is 5.97. The number of anilines is 3. The third kappa shape index (κ3) is 3.70. The first-order chi connectivity index (χ1) is 9.61. The number of nitrogens with two attached hydrogens (primary N) is 1. The molecule has 0 radical (unpaired) electrons. The summed E-state index contributed by atoms with van der Waals surface area (Å²) in [7, 11) is 0. The lowest BCUT2D eigenvalue weighted by atomic mass is 10.2. The number of hydrogen-bond acceptors (Lipinski definition) is 3. The Balaban J connectivity index is 2.24. The van der Waals surface area contributed by atoms with Gasteiger partial charge < -0.3 is 15.8 Å². The van der Waals surface area contributed by atoms with Gasteiger partial charge in [0.25, 0.3) is 0 Å². The molecule has 0 amide bonds. The fourth-order valence-corrected chi connectivity index (χ4v) is 2.63. The number of benzene rings is 2. The monoisotopic (exact) mass is 402 g/mol. The topological polar surface area (TPSA) is 47.3 Å². The van der Waals surface area contributed by atoms with E-state index in [1.54, 1.807) is 0 Å². The highest BCUT2D eigenvalue weighted by Gasteiger charge is 2.08. The summed E-state index contributed by atoms with van der Waals surface area (Å²) in [6.45, 7) is 2.71. The summed E-state index contributed by atoms with van der Waals surface area (Å²) in [5.74, 6) is 0.693. The van der Waals surface area contributed by atoms with Gasteiger partial charge in [-0.25, -0.2) is 0 Å². The molecule has 106 valence electrons. The van der Waals surface area contributed by atoms with Crippen LogP contribution in [0.4, 0.5) is 17.1 Å². The molecule has 0 spiro atoms. The van der Waals surface area contributed by atoms with Gasteiger partial charge in [0.15, 0.2) is 0 Å². The second-order valence-electron chi connectivity index (χ2n) is 4.32. The summed E-state index contributed by atoms with van der Waals surface area (Å²) >= 11 is 8.44. The molecule has 3 nitrogen and oxygen atoms in total. The minimum atomic E-state index is 0.593. The van der Waals surface area contributed by atoms with Crippen LogP contribution in [0.3, 0.4) is 0 Å². The fourth-order valence-electron chi connectivity index (χ4n) is 1.73. The van der Waals surface area contributed by atoms with Crippen LogP contribution in [0.25, 0.3) is 0 Å². The maximum Gasteiger partial charge on any atom is 0.144 e.